The molecule has 4 nitrogen and oxygen atoms in total. The summed E-state index contributed by atoms with van der Waals surface area (Å²) in [5.74, 6) is 1.01. The summed E-state index contributed by atoms with van der Waals surface area (Å²) in [7, 11) is 0. The van der Waals surface area contributed by atoms with E-state index in [0.717, 1.165) is 63.7 Å². The number of hydrogen-bond donors (Lipinski definition) is 0. The van der Waals surface area contributed by atoms with Crippen molar-refractivity contribution in [1.82, 2.24) is 9.80 Å². The van der Waals surface area contributed by atoms with Crippen molar-refractivity contribution in [3.05, 3.63) is 35.9 Å². The zero-order valence-electron chi connectivity index (χ0n) is 14.0. The van der Waals surface area contributed by atoms with Gasteiger partial charge in [-0.2, -0.15) is 0 Å². The highest BCUT2D eigenvalue weighted by atomic mass is 16.5. The van der Waals surface area contributed by atoms with Gasteiger partial charge in [0.15, 0.2) is 0 Å². The molecule has 0 saturated carbocycles. The molecule has 0 spiro atoms. The van der Waals surface area contributed by atoms with E-state index in [1.807, 2.05) is 30.3 Å². The first-order chi connectivity index (χ1) is 11.3. The second-order valence-electron chi connectivity index (χ2n) is 6.75. The summed E-state index contributed by atoms with van der Waals surface area (Å²) in [6.07, 6.45) is 4.05. The van der Waals surface area contributed by atoms with Crippen molar-refractivity contribution < 1.29 is 9.53 Å². The summed E-state index contributed by atoms with van der Waals surface area (Å²) in [6.45, 7) is 6.87. The van der Waals surface area contributed by atoms with Gasteiger partial charge < -0.3 is 9.64 Å². The fourth-order valence-electron chi connectivity index (χ4n) is 3.63. The zero-order valence-corrected chi connectivity index (χ0v) is 14.0. The SMILES string of the molecule is O=C(Cc1ccccc1)N1CCCC(CN2CCOCC2)CC1. The molecule has 2 heterocycles. The summed E-state index contributed by atoms with van der Waals surface area (Å²) < 4.78 is 5.42. The Morgan fingerprint density at radius 3 is 2.61 bits per heavy atom. The number of nitrogens with zero attached hydrogens (tertiary/aromatic N) is 2. The van der Waals surface area contributed by atoms with Crippen LogP contribution in [0, 0.1) is 5.92 Å². The van der Waals surface area contributed by atoms with Crippen molar-refractivity contribution in [1.29, 1.82) is 0 Å². The molecule has 1 atom stereocenters. The van der Waals surface area contributed by atoms with E-state index in [9.17, 15) is 4.79 Å². The van der Waals surface area contributed by atoms with Crippen LogP contribution in [0.4, 0.5) is 0 Å². The predicted molar refractivity (Wildman–Crippen MR) is 91.3 cm³/mol. The van der Waals surface area contributed by atoms with Gasteiger partial charge >= 0.3 is 0 Å². The monoisotopic (exact) mass is 316 g/mol. The fourth-order valence-corrected chi connectivity index (χ4v) is 3.63. The van der Waals surface area contributed by atoms with Gasteiger partial charge in [-0.3, -0.25) is 9.69 Å². The van der Waals surface area contributed by atoms with Crippen LogP contribution in [0.3, 0.4) is 0 Å². The highest BCUT2D eigenvalue weighted by Crippen LogP contribution is 2.20. The molecule has 2 fully saturated rings. The quantitative estimate of drug-likeness (QED) is 0.854. The average molecular weight is 316 g/mol. The van der Waals surface area contributed by atoms with E-state index in [-0.39, 0.29) is 5.91 Å². The number of carbonyl (C=O) groups excluding carboxylic acids is 1. The van der Waals surface area contributed by atoms with Crippen molar-refractivity contribution in [2.75, 3.05) is 45.9 Å². The minimum Gasteiger partial charge on any atom is -0.379 e. The van der Waals surface area contributed by atoms with Crippen molar-refractivity contribution >= 4 is 5.91 Å². The third-order valence-electron chi connectivity index (χ3n) is 5.02. The molecule has 0 aliphatic carbocycles. The van der Waals surface area contributed by atoms with Gasteiger partial charge in [-0.05, 0) is 30.7 Å². The molecule has 0 bridgehead atoms. The lowest BCUT2D eigenvalue weighted by Crippen LogP contribution is -2.39. The molecule has 2 aliphatic heterocycles. The largest absolute Gasteiger partial charge is 0.379 e. The van der Waals surface area contributed by atoms with Crippen LogP contribution in [-0.4, -0.2) is 61.6 Å². The molecule has 3 rings (SSSR count). The number of hydrogen-bond acceptors (Lipinski definition) is 3. The van der Waals surface area contributed by atoms with E-state index >= 15 is 0 Å². The fraction of sp³-hybridized carbons (Fsp3) is 0.632. The van der Waals surface area contributed by atoms with Crippen LogP contribution in [0.25, 0.3) is 0 Å². The molecule has 2 saturated heterocycles. The Hall–Kier alpha value is -1.39. The number of ether oxygens (including phenoxy) is 1. The van der Waals surface area contributed by atoms with E-state index in [1.54, 1.807) is 0 Å². The van der Waals surface area contributed by atoms with Gasteiger partial charge in [-0.15, -0.1) is 0 Å². The Balaban J connectivity index is 1.46. The zero-order chi connectivity index (χ0) is 15.9. The predicted octanol–water partition coefficient (Wildman–Crippen LogP) is 2.19. The molecule has 1 amide bonds. The Kier molecular flexibility index (Phi) is 6.06. The molecule has 1 aromatic carbocycles. The number of carbonyl (C=O) groups is 1. The van der Waals surface area contributed by atoms with Gasteiger partial charge in [-0.25, -0.2) is 0 Å². The Morgan fingerprint density at radius 1 is 1.04 bits per heavy atom. The highest BCUT2D eigenvalue weighted by molar-refractivity contribution is 5.78. The third-order valence-corrected chi connectivity index (χ3v) is 5.02. The van der Waals surface area contributed by atoms with Crippen LogP contribution in [0.1, 0.15) is 24.8 Å². The topological polar surface area (TPSA) is 32.8 Å². The maximum Gasteiger partial charge on any atom is 0.226 e. The molecule has 0 N–H and O–H groups in total. The summed E-state index contributed by atoms with van der Waals surface area (Å²) in [6, 6.07) is 10.1. The lowest BCUT2D eigenvalue weighted by molar-refractivity contribution is -0.130. The van der Waals surface area contributed by atoms with Gasteiger partial charge in [0.25, 0.3) is 0 Å². The summed E-state index contributed by atoms with van der Waals surface area (Å²) in [5, 5.41) is 0. The third kappa shape index (κ3) is 5.05. The molecule has 1 aromatic rings. The maximum absolute atomic E-state index is 12.5. The van der Waals surface area contributed by atoms with Crippen molar-refractivity contribution in [3.8, 4) is 0 Å². The van der Waals surface area contributed by atoms with Crippen LogP contribution in [0.2, 0.25) is 0 Å². The number of morpholine rings is 1. The van der Waals surface area contributed by atoms with Crippen molar-refractivity contribution in [2.45, 2.75) is 25.7 Å². The molecule has 4 heteroatoms. The molecule has 1 unspecified atom stereocenters. The molecule has 2 aliphatic rings. The molecule has 126 valence electrons. The lowest BCUT2D eigenvalue weighted by Gasteiger charge is -2.30. The number of rotatable bonds is 4. The van der Waals surface area contributed by atoms with Crippen LogP contribution in [-0.2, 0) is 16.0 Å². The summed E-state index contributed by atoms with van der Waals surface area (Å²) in [5.41, 5.74) is 1.12. The standard InChI is InChI=1S/C19H28N2O2/c22-19(15-17-5-2-1-3-6-17)21-9-4-7-18(8-10-21)16-20-11-13-23-14-12-20/h1-3,5-6,18H,4,7-16H2. The van der Waals surface area contributed by atoms with Gasteiger partial charge in [-0.1, -0.05) is 30.3 Å². The van der Waals surface area contributed by atoms with Gasteiger partial charge in [0.1, 0.15) is 0 Å². The molecular weight excluding hydrogens is 288 g/mol. The van der Waals surface area contributed by atoms with Crippen LogP contribution < -0.4 is 0 Å². The minimum absolute atomic E-state index is 0.281. The Bertz CT molecular complexity index is 485. The van der Waals surface area contributed by atoms with Crippen LogP contribution in [0.15, 0.2) is 30.3 Å². The van der Waals surface area contributed by atoms with E-state index in [4.69, 9.17) is 4.74 Å². The van der Waals surface area contributed by atoms with Crippen LogP contribution in [0.5, 0.6) is 0 Å². The summed E-state index contributed by atoms with van der Waals surface area (Å²) in [4.78, 5) is 17.1. The van der Waals surface area contributed by atoms with E-state index in [1.165, 1.54) is 13.0 Å². The molecular formula is C19H28N2O2. The van der Waals surface area contributed by atoms with E-state index in [0.29, 0.717) is 6.42 Å². The maximum atomic E-state index is 12.5. The first kappa shape index (κ1) is 16.5. The lowest BCUT2D eigenvalue weighted by atomic mass is 10.00. The average Bonchev–Trinajstić information content (AvgIpc) is 2.82. The Morgan fingerprint density at radius 2 is 1.83 bits per heavy atom. The Labute approximate surface area is 139 Å². The van der Waals surface area contributed by atoms with E-state index in [2.05, 4.69) is 9.80 Å². The number of benzene rings is 1. The minimum atomic E-state index is 0.281. The number of likely N-dealkylation sites (tertiary alicyclic amines) is 1. The van der Waals surface area contributed by atoms with Gasteiger partial charge in [0.2, 0.25) is 5.91 Å². The van der Waals surface area contributed by atoms with Gasteiger partial charge in [0, 0.05) is 32.7 Å². The first-order valence-electron chi connectivity index (χ1n) is 8.93. The highest BCUT2D eigenvalue weighted by Gasteiger charge is 2.23. The second-order valence-corrected chi connectivity index (χ2v) is 6.75. The van der Waals surface area contributed by atoms with Crippen molar-refractivity contribution in [3.63, 3.8) is 0 Å². The van der Waals surface area contributed by atoms with E-state index < -0.39 is 0 Å². The van der Waals surface area contributed by atoms with Gasteiger partial charge in [0.05, 0.1) is 19.6 Å². The summed E-state index contributed by atoms with van der Waals surface area (Å²) >= 11 is 0. The smallest absolute Gasteiger partial charge is 0.226 e. The molecule has 23 heavy (non-hydrogen) atoms. The van der Waals surface area contributed by atoms with Crippen LogP contribution >= 0.6 is 0 Å². The molecule has 0 aromatic heterocycles. The molecule has 0 radical (unpaired) electrons. The number of amides is 1. The second kappa shape index (κ2) is 8.46. The first-order valence-corrected chi connectivity index (χ1v) is 8.93. The van der Waals surface area contributed by atoms with Crippen molar-refractivity contribution in [2.24, 2.45) is 5.92 Å². The normalized spacial score (nSPS) is 23.5.